The second-order valence-electron chi connectivity index (χ2n) is 6.70. The second kappa shape index (κ2) is 8.01. The van der Waals surface area contributed by atoms with Crippen LogP contribution < -0.4 is 5.32 Å². The average Bonchev–Trinajstić information content (AvgIpc) is 3.38. The van der Waals surface area contributed by atoms with E-state index >= 15 is 0 Å². The van der Waals surface area contributed by atoms with Crippen LogP contribution in [0.3, 0.4) is 0 Å². The molecule has 4 heterocycles. The summed E-state index contributed by atoms with van der Waals surface area (Å²) >= 11 is 1.10. The van der Waals surface area contributed by atoms with Crippen molar-refractivity contribution in [3.63, 3.8) is 0 Å². The lowest BCUT2D eigenvalue weighted by atomic mass is 9.99. The van der Waals surface area contributed by atoms with Crippen LogP contribution in [0, 0.1) is 12.8 Å². The van der Waals surface area contributed by atoms with Gasteiger partial charge in [-0.3, -0.25) is 4.79 Å². The van der Waals surface area contributed by atoms with E-state index in [2.05, 4.69) is 20.4 Å². The van der Waals surface area contributed by atoms with Gasteiger partial charge < -0.3 is 9.84 Å². The molecule has 1 amide bonds. The first-order chi connectivity index (χ1) is 13.9. The van der Waals surface area contributed by atoms with E-state index in [4.69, 9.17) is 4.52 Å². The molecule has 11 heteroatoms. The smallest absolute Gasteiger partial charge is 0.252 e. The van der Waals surface area contributed by atoms with Gasteiger partial charge in [0.25, 0.3) is 10.0 Å². The van der Waals surface area contributed by atoms with Gasteiger partial charge in [0, 0.05) is 37.2 Å². The molecule has 0 radical (unpaired) electrons. The van der Waals surface area contributed by atoms with Crippen LogP contribution in [0.2, 0.25) is 0 Å². The lowest BCUT2D eigenvalue weighted by Crippen LogP contribution is -2.43. The van der Waals surface area contributed by atoms with E-state index in [0.717, 1.165) is 11.3 Å². The fourth-order valence-electron chi connectivity index (χ4n) is 3.15. The largest absolute Gasteiger partial charge is 0.339 e. The Morgan fingerprint density at radius 3 is 2.97 bits per heavy atom. The maximum atomic E-state index is 13.1. The molecule has 29 heavy (non-hydrogen) atoms. The average molecular weight is 434 g/mol. The van der Waals surface area contributed by atoms with Crippen LogP contribution >= 0.6 is 11.3 Å². The minimum absolute atomic E-state index is 0.134. The van der Waals surface area contributed by atoms with Gasteiger partial charge in [0.15, 0.2) is 0 Å². The third-order valence-electron chi connectivity index (χ3n) is 4.63. The number of aryl methyl sites for hydroxylation is 1. The number of nitrogens with zero attached hydrogens (tertiary/aromatic N) is 4. The Morgan fingerprint density at radius 1 is 1.38 bits per heavy atom. The van der Waals surface area contributed by atoms with E-state index in [0.29, 0.717) is 42.5 Å². The van der Waals surface area contributed by atoms with Crippen LogP contribution in [0.4, 0.5) is 5.82 Å². The number of anilines is 1. The molecule has 0 aliphatic carbocycles. The number of carbonyl (C=O) groups is 1. The molecule has 1 aliphatic rings. The number of hydrogen-bond donors (Lipinski definition) is 1. The number of hydrogen-bond acceptors (Lipinski definition) is 8. The number of pyridine rings is 1. The molecule has 3 aromatic heterocycles. The van der Waals surface area contributed by atoms with Crippen molar-refractivity contribution in [3.8, 4) is 11.4 Å². The van der Waals surface area contributed by atoms with Crippen molar-refractivity contribution in [2.24, 2.45) is 5.92 Å². The summed E-state index contributed by atoms with van der Waals surface area (Å²) in [6.07, 6.45) is 2.83. The van der Waals surface area contributed by atoms with Crippen molar-refractivity contribution in [1.82, 2.24) is 19.4 Å². The van der Waals surface area contributed by atoms with Crippen LogP contribution in [-0.2, 0) is 14.8 Å². The number of piperidine rings is 1. The van der Waals surface area contributed by atoms with Crippen molar-refractivity contribution in [2.75, 3.05) is 18.4 Å². The molecule has 0 spiro atoms. The molecule has 4 rings (SSSR count). The van der Waals surface area contributed by atoms with Crippen molar-refractivity contribution >= 4 is 33.1 Å². The second-order valence-corrected chi connectivity index (χ2v) is 9.77. The number of aromatic nitrogens is 3. The molecule has 9 nitrogen and oxygen atoms in total. The zero-order valence-corrected chi connectivity index (χ0v) is 17.2. The lowest BCUT2D eigenvalue weighted by molar-refractivity contribution is -0.120. The summed E-state index contributed by atoms with van der Waals surface area (Å²) in [5.74, 6) is 0.563. The van der Waals surface area contributed by atoms with E-state index in [1.165, 1.54) is 4.31 Å². The Morgan fingerprint density at radius 2 is 2.24 bits per heavy atom. The lowest BCUT2D eigenvalue weighted by Gasteiger charge is -2.30. The molecule has 152 valence electrons. The zero-order valence-electron chi connectivity index (χ0n) is 15.6. The summed E-state index contributed by atoms with van der Waals surface area (Å²) in [4.78, 5) is 20.8. The monoisotopic (exact) mass is 433 g/mol. The molecule has 1 saturated heterocycles. The summed E-state index contributed by atoms with van der Waals surface area (Å²) in [6.45, 7) is 2.18. The van der Waals surface area contributed by atoms with E-state index in [-0.39, 0.29) is 16.7 Å². The van der Waals surface area contributed by atoms with Crippen molar-refractivity contribution in [2.45, 2.75) is 24.0 Å². The van der Waals surface area contributed by atoms with Gasteiger partial charge in [-0.15, -0.1) is 11.3 Å². The third-order valence-corrected chi connectivity index (χ3v) is 7.91. The molecule has 1 fully saturated rings. The van der Waals surface area contributed by atoms with Gasteiger partial charge >= 0.3 is 0 Å². The van der Waals surface area contributed by atoms with Gasteiger partial charge in [-0.2, -0.15) is 9.29 Å². The number of rotatable bonds is 5. The quantitative estimate of drug-likeness (QED) is 0.657. The molecule has 1 unspecified atom stereocenters. The van der Waals surface area contributed by atoms with Gasteiger partial charge in [0.2, 0.25) is 17.6 Å². The Hall–Kier alpha value is -2.63. The van der Waals surface area contributed by atoms with Gasteiger partial charge in [-0.05, 0) is 31.0 Å². The molecule has 0 saturated carbocycles. The SMILES string of the molecule is Cc1nc(-c2csc(S(=O)(=O)N3CCCC(C(=O)Nc4ccccn4)C3)c2)no1. The van der Waals surface area contributed by atoms with Crippen LogP contribution in [0.25, 0.3) is 11.4 Å². The van der Waals surface area contributed by atoms with Gasteiger partial charge in [0.05, 0.1) is 5.92 Å². The zero-order chi connectivity index (χ0) is 20.4. The highest BCUT2D eigenvalue weighted by Crippen LogP contribution is 2.31. The Labute approximate surface area is 171 Å². The van der Waals surface area contributed by atoms with Crippen molar-refractivity contribution < 1.29 is 17.7 Å². The fourth-order valence-corrected chi connectivity index (χ4v) is 5.99. The highest BCUT2D eigenvalue weighted by Gasteiger charge is 2.34. The fraction of sp³-hybridized carbons (Fsp3) is 0.333. The number of nitrogens with one attached hydrogen (secondary N) is 1. The van der Waals surface area contributed by atoms with Crippen LogP contribution in [-0.4, -0.2) is 46.8 Å². The molecule has 1 atom stereocenters. The molecule has 0 bridgehead atoms. The van der Waals surface area contributed by atoms with Gasteiger partial charge in [-0.25, -0.2) is 13.4 Å². The molecule has 1 aliphatic heterocycles. The third kappa shape index (κ3) is 4.21. The summed E-state index contributed by atoms with van der Waals surface area (Å²) < 4.78 is 32.7. The summed E-state index contributed by atoms with van der Waals surface area (Å²) in [6, 6.07) is 6.78. The first kappa shape index (κ1) is 19.7. The maximum absolute atomic E-state index is 13.1. The van der Waals surface area contributed by atoms with Crippen LogP contribution in [0.15, 0.2) is 44.6 Å². The predicted octanol–water partition coefficient (Wildman–Crippen LogP) is 2.54. The normalized spacial score (nSPS) is 17.9. The van der Waals surface area contributed by atoms with Gasteiger partial charge in [0.1, 0.15) is 10.0 Å². The topological polar surface area (TPSA) is 118 Å². The summed E-state index contributed by atoms with van der Waals surface area (Å²) in [7, 11) is -3.71. The first-order valence-electron chi connectivity index (χ1n) is 9.05. The molecule has 1 N–H and O–H groups in total. The predicted molar refractivity (Wildman–Crippen MR) is 107 cm³/mol. The Balaban J connectivity index is 1.48. The Kier molecular flexibility index (Phi) is 5.43. The van der Waals surface area contributed by atoms with Crippen LogP contribution in [0.1, 0.15) is 18.7 Å². The number of sulfonamides is 1. The molecule has 0 aromatic carbocycles. The highest BCUT2D eigenvalue weighted by atomic mass is 32.2. The number of thiophene rings is 1. The molecular weight excluding hydrogens is 414 g/mol. The molecular formula is C18H19N5O4S2. The van der Waals surface area contributed by atoms with Gasteiger partial charge in [-0.1, -0.05) is 11.2 Å². The maximum Gasteiger partial charge on any atom is 0.252 e. The minimum Gasteiger partial charge on any atom is -0.339 e. The Bertz CT molecular complexity index is 1110. The van der Waals surface area contributed by atoms with Crippen LogP contribution in [0.5, 0.6) is 0 Å². The number of amides is 1. The van der Waals surface area contributed by atoms with E-state index in [1.54, 1.807) is 42.8 Å². The highest BCUT2D eigenvalue weighted by molar-refractivity contribution is 7.91. The van der Waals surface area contributed by atoms with E-state index in [9.17, 15) is 13.2 Å². The van der Waals surface area contributed by atoms with E-state index < -0.39 is 15.9 Å². The number of carbonyl (C=O) groups excluding carboxylic acids is 1. The van der Waals surface area contributed by atoms with E-state index in [1.807, 2.05) is 0 Å². The summed E-state index contributed by atoms with van der Waals surface area (Å²) in [5.41, 5.74) is 0.590. The summed E-state index contributed by atoms with van der Waals surface area (Å²) in [5, 5.41) is 8.26. The molecule has 3 aromatic rings. The minimum atomic E-state index is -3.71. The first-order valence-corrected chi connectivity index (χ1v) is 11.4. The van der Waals surface area contributed by atoms with Crippen molar-refractivity contribution in [1.29, 1.82) is 0 Å². The standard InChI is InChI=1S/C18H19N5O4S2/c1-12-20-17(22-27-12)14-9-16(28-11-14)29(25,26)23-8-4-5-13(10-23)18(24)21-15-6-2-3-7-19-15/h2-3,6-7,9,11,13H,4-5,8,10H2,1H3,(H,19,21,24). The van der Waals surface area contributed by atoms with Crippen molar-refractivity contribution in [3.05, 3.63) is 41.7 Å².